The molecular formula is C5H10N2O2. The molecule has 1 atom stereocenters. The summed E-state index contributed by atoms with van der Waals surface area (Å²) >= 11 is 0. The third kappa shape index (κ3) is 2.23. The highest BCUT2D eigenvalue weighted by Crippen LogP contribution is 1.84. The number of hydrogen-bond acceptors (Lipinski definition) is 3. The van der Waals surface area contributed by atoms with Gasteiger partial charge in [-0.25, -0.2) is 0 Å². The van der Waals surface area contributed by atoms with Crippen molar-refractivity contribution in [2.75, 3.05) is 14.1 Å². The third-order valence-electron chi connectivity index (χ3n) is 0.977. The van der Waals surface area contributed by atoms with Gasteiger partial charge in [-0.05, 0) is 14.1 Å². The molecule has 1 unspecified atom stereocenters. The van der Waals surface area contributed by atoms with Crippen LogP contribution in [0.3, 0.4) is 0 Å². The van der Waals surface area contributed by atoms with E-state index in [2.05, 4.69) is 0 Å². The molecule has 0 rings (SSSR count). The Kier molecular flexibility index (Phi) is 2.87. The first kappa shape index (κ1) is 8.10. The molecule has 0 aromatic rings. The van der Waals surface area contributed by atoms with Crippen LogP contribution < -0.4 is 5.73 Å². The average Bonchev–Trinajstić information content (AvgIpc) is 1.64. The number of primary amides is 1. The maximum absolute atomic E-state index is 10.3. The van der Waals surface area contributed by atoms with Gasteiger partial charge in [-0.3, -0.25) is 9.69 Å². The average molecular weight is 130 g/mol. The molecule has 4 heteroatoms. The lowest BCUT2D eigenvalue weighted by molar-refractivity contribution is -0.127. The molecule has 0 saturated carbocycles. The number of rotatable bonds is 3. The fourth-order valence-corrected chi connectivity index (χ4v) is 0.443. The minimum atomic E-state index is -0.787. The molecule has 0 saturated heterocycles. The van der Waals surface area contributed by atoms with Crippen molar-refractivity contribution in [1.29, 1.82) is 0 Å². The summed E-state index contributed by atoms with van der Waals surface area (Å²) in [5, 5.41) is 0. The van der Waals surface area contributed by atoms with Crippen molar-refractivity contribution in [1.82, 2.24) is 4.90 Å². The van der Waals surface area contributed by atoms with Crippen LogP contribution in [0.5, 0.6) is 0 Å². The first-order chi connectivity index (χ1) is 4.09. The lowest BCUT2D eigenvalue weighted by atomic mass is 10.3. The van der Waals surface area contributed by atoms with Crippen LogP contribution in [0.2, 0.25) is 0 Å². The number of aldehydes is 1. The predicted octanol–water partition coefficient (Wildman–Crippen LogP) is -1.40. The Morgan fingerprint density at radius 3 is 2.11 bits per heavy atom. The maximum Gasteiger partial charge on any atom is 0.242 e. The Morgan fingerprint density at radius 2 is 2.11 bits per heavy atom. The van der Waals surface area contributed by atoms with E-state index in [1.807, 2.05) is 0 Å². The number of hydrogen-bond donors (Lipinski definition) is 1. The normalized spacial score (nSPS) is 13.2. The maximum atomic E-state index is 10.3. The Labute approximate surface area is 53.6 Å². The second-order valence-electron chi connectivity index (χ2n) is 1.95. The Balaban J connectivity index is 3.98. The predicted molar refractivity (Wildman–Crippen MR) is 32.7 cm³/mol. The van der Waals surface area contributed by atoms with E-state index in [0.29, 0.717) is 6.29 Å². The van der Waals surface area contributed by atoms with E-state index >= 15 is 0 Å². The second kappa shape index (κ2) is 3.19. The Hall–Kier alpha value is -0.900. The van der Waals surface area contributed by atoms with Crippen LogP contribution in [-0.4, -0.2) is 37.2 Å². The van der Waals surface area contributed by atoms with Crippen molar-refractivity contribution in [2.45, 2.75) is 6.04 Å². The zero-order valence-corrected chi connectivity index (χ0v) is 5.50. The summed E-state index contributed by atoms with van der Waals surface area (Å²) in [6.07, 6.45) is 0.516. The van der Waals surface area contributed by atoms with E-state index in [1.54, 1.807) is 14.1 Å². The van der Waals surface area contributed by atoms with Crippen molar-refractivity contribution in [2.24, 2.45) is 5.73 Å². The van der Waals surface area contributed by atoms with E-state index in [9.17, 15) is 9.59 Å². The molecule has 0 aromatic carbocycles. The SMILES string of the molecule is CN(C)C(C=O)C(N)=O. The van der Waals surface area contributed by atoms with Crippen molar-refractivity contribution in [3.8, 4) is 0 Å². The van der Waals surface area contributed by atoms with Crippen molar-refractivity contribution in [3.63, 3.8) is 0 Å². The lowest BCUT2D eigenvalue weighted by Gasteiger charge is -2.13. The van der Waals surface area contributed by atoms with E-state index in [0.717, 1.165) is 0 Å². The Bertz CT molecular complexity index is 122. The largest absolute Gasteiger partial charge is 0.368 e. The summed E-state index contributed by atoms with van der Waals surface area (Å²) in [5.41, 5.74) is 4.84. The molecule has 0 heterocycles. The van der Waals surface area contributed by atoms with Gasteiger partial charge in [-0.2, -0.15) is 0 Å². The van der Waals surface area contributed by atoms with Gasteiger partial charge in [0.05, 0.1) is 0 Å². The molecule has 0 bridgehead atoms. The first-order valence-corrected chi connectivity index (χ1v) is 2.50. The van der Waals surface area contributed by atoms with Gasteiger partial charge < -0.3 is 10.5 Å². The molecule has 0 aliphatic heterocycles. The van der Waals surface area contributed by atoms with Gasteiger partial charge in [-0.15, -0.1) is 0 Å². The van der Waals surface area contributed by atoms with Crippen LogP contribution in [0.25, 0.3) is 0 Å². The summed E-state index contributed by atoms with van der Waals surface area (Å²) in [7, 11) is 3.23. The molecule has 0 fully saturated rings. The van der Waals surface area contributed by atoms with E-state index in [-0.39, 0.29) is 0 Å². The van der Waals surface area contributed by atoms with Gasteiger partial charge in [0.15, 0.2) is 0 Å². The zero-order chi connectivity index (χ0) is 7.44. The summed E-state index contributed by atoms with van der Waals surface area (Å²) < 4.78 is 0. The summed E-state index contributed by atoms with van der Waals surface area (Å²) in [4.78, 5) is 21.8. The number of nitrogens with two attached hydrogens (primary N) is 1. The molecule has 0 spiro atoms. The molecular weight excluding hydrogens is 120 g/mol. The van der Waals surface area contributed by atoms with Gasteiger partial charge in [-0.1, -0.05) is 0 Å². The molecule has 52 valence electrons. The van der Waals surface area contributed by atoms with Gasteiger partial charge in [0.25, 0.3) is 0 Å². The first-order valence-electron chi connectivity index (χ1n) is 2.50. The minimum absolute atomic E-state index is 0.516. The van der Waals surface area contributed by atoms with Gasteiger partial charge in [0.2, 0.25) is 5.91 Å². The smallest absolute Gasteiger partial charge is 0.242 e. The second-order valence-corrected chi connectivity index (χ2v) is 1.95. The minimum Gasteiger partial charge on any atom is -0.368 e. The standard InChI is InChI=1S/C5H10N2O2/c1-7(2)4(3-8)5(6)9/h3-4H,1-2H3,(H2,6,9). The molecule has 0 aliphatic rings. The van der Waals surface area contributed by atoms with Crippen molar-refractivity contribution < 1.29 is 9.59 Å². The van der Waals surface area contributed by atoms with Crippen LogP contribution in [0.1, 0.15) is 0 Å². The fourth-order valence-electron chi connectivity index (χ4n) is 0.443. The van der Waals surface area contributed by atoms with Crippen LogP contribution >= 0.6 is 0 Å². The van der Waals surface area contributed by atoms with Crippen LogP contribution in [0.15, 0.2) is 0 Å². The number of carbonyl (C=O) groups is 2. The Morgan fingerprint density at radius 1 is 1.67 bits per heavy atom. The highest BCUT2D eigenvalue weighted by atomic mass is 16.2. The van der Waals surface area contributed by atoms with Crippen LogP contribution in [0, 0.1) is 0 Å². The molecule has 9 heavy (non-hydrogen) atoms. The molecule has 0 aromatic heterocycles. The van der Waals surface area contributed by atoms with Gasteiger partial charge in [0, 0.05) is 0 Å². The van der Waals surface area contributed by atoms with Crippen LogP contribution in [0.4, 0.5) is 0 Å². The van der Waals surface area contributed by atoms with E-state index in [1.165, 1.54) is 4.90 Å². The zero-order valence-electron chi connectivity index (χ0n) is 5.50. The van der Waals surface area contributed by atoms with E-state index < -0.39 is 11.9 Å². The fraction of sp³-hybridized carbons (Fsp3) is 0.600. The lowest BCUT2D eigenvalue weighted by Crippen LogP contribution is -2.41. The number of nitrogens with zero attached hydrogens (tertiary/aromatic N) is 1. The highest BCUT2D eigenvalue weighted by molar-refractivity contribution is 5.94. The molecule has 2 N–H and O–H groups in total. The van der Waals surface area contributed by atoms with E-state index in [4.69, 9.17) is 5.73 Å². The highest BCUT2D eigenvalue weighted by Gasteiger charge is 2.14. The number of amides is 1. The van der Waals surface area contributed by atoms with Crippen molar-refractivity contribution >= 4 is 12.2 Å². The topological polar surface area (TPSA) is 63.4 Å². The molecule has 0 aliphatic carbocycles. The van der Waals surface area contributed by atoms with Gasteiger partial charge in [0.1, 0.15) is 12.3 Å². The number of likely N-dealkylation sites (N-methyl/N-ethyl adjacent to an activating group) is 1. The third-order valence-corrected chi connectivity index (χ3v) is 0.977. The monoisotopic (exact) mass is 130 g/mol. The molecule has 4 nitrogen and oxygen atoms in total. The molecule has 0 radical (unpaired) electrons. The quantitative estimate of drug-likeness (QED) is 0.377. The van der Waals surface area contributed by atoms with Gasteiger partial charge >= 0.3 is 0 Å². The summed E-state index contributed by atoms with van der Waals surface area (Å²) in [5.74, 6) is -0.616. The van der Waals surface area contributed by atoms with Crippen LogP contribution in [-0.2, 0) is 9.59 Å². The van der Waals surface area contributed by atoms with Crippen molar-refractivity contribution in [3.05, 3.63) is 0 Å². The summed E-state index contributed by atoms with van der Waals surface area (Å²) in [6.45, 7) is 0. The molecule has 1 amide bonds. The summed E-state index contributed by atoms with van der Waals surface area (Å²) in [6, 6.07) is -0.787. The number of carbonyl (C=O) groups excluding carboxylic acids is 2.